The van der Waals surface area contributed by atoms with E-state index in [0.29, 0.717) is 5.92 Å². The van der Waals surface area contributed by atoms with Gasteiger partial charge in [0.25, 0.3) is 5.91 Å². The Hall–Kier alpha value is -3.46. The number of benzene rings is 3. The van der Waals surface area contributed by atoms with Crippen molar-refractivity contribution in [2.45, 2.75) is 32.6 Å². The molecule has 0 atom stereocenters. The van der Waals surface area contributed by atoms with Crippen LogP contribution >= 0.6 is 0 Å². The molecule has 1 aromatic heterocycles. The molecule has 0 spiro atoms. The molecular formula is C29H28N2O. The van der Waals surface area contributed by atoms with E-state index in [1.165, 1.54) is 27.8 Å². The number of carbonyl (C=O) groups is 1. The van der Waals surface area contributed by atoms with Crippen molar-refractivity contribution >= 4 is 16.8 Å². The maximum Gasteiger partial charge on any atom is 0.253 e. The van der Waals surface area contributed by atoms with Crippen LogP contribution in [0, 0.1) is 13.8 Å². The minimum Gasteiger partial charge on any atom is -0.339 e. The van der Waals surface area contributed by atoms with E-state index in [1.807, 2.05) is 35.2 Å². The molecule has 3 aromatic carbocycles. The number of aromatic nitrogens is 1. The molecule has 1 amide bonds. The number of likely N-dealkylation sites (tertiary alicyclic amines) is 1. The van der Waals surface area contributed by atoms with Gasteiger partial charge in [-0.1, -0.05) is 48.5 Å². The number of hydrogen-bond acceptors (Lipinski definition) is 2. The van der Waals surface area contributed by atoms with Crippen molar-refractivity contribution in [3.8, 4) is 11.1 Å². The molecule has 0 saturated carbocycles. The van der Waals surface area contributed by atoms with Crippen LogP contribution in [0.2, 0.25) is 0 Å². The highest BCUT2D eigenvalue weighted by Gasteiger charge is 2.24. The van der Waals surface area contributed by atoms with Gasteiger partial charge in [-0.3, -0.25) is 9.78 Å². The highest BCUT2D eigenvalue weighted by Crippen LogP contribution is 2.32. The number of piperidine rings is 1. The Labute approximate surface area is 189 Å². The van der Waals surface area contributed by atoms with E-state index >= 15 is 0 Å². The first-order valence-electron chi connectivity index (χ1n) is 11.4. The zero-order chi connectivity index (χ0) is 22.1. The second-order valence-electron chi connectivity index (χ2n) is 8.85. The van der Waals surface area contributed by atoms with Gasteiger partial charge in [0.2, 0.25) is 0 Å². The van der Waals surface area contributed by atoms with Gasteiger partial charge in [0.05, 0.1) is 5.52 Å². The van der Waals surface area contributed by atoms with Crippen molar-refractivity contribution < 1.29 is 4.79 Å². The second kappa shape index (κ2) is 8.58. The summed E-state index contributed by atoms with van der Waals surface area (Å²) in [6.45, 7) is 5.95. The smallest absolute Gasteiger partial charge is 0.253 e. The SMILES string of the molecule is Cc1cccc(-c2ccc(C3CCN(C(=O)c4ccc5ncccc5c4)CC3)cc2)c1C. The van der Waals surface area contributed by atoms with E-state index in [2.05, 4.69) is 61.3 Å². The van der Waals surface area contributed by atoms with E-state index in [-0.39, 0.29) is 5.91 Å². The number of hydrogen-bond donors (Lipinski definition) is 0. The van der Waals surface area contributed by atoms with Crippen LogP contribution in [0.15, 0.2) is 79.0 Å². The van der Waals surface area contributed by atoms with E-state index in [1.54, 1.807) is 6.20 Å². The van der Waals surface area contributed by atoms with Gasteiger partial charge in [0.15, 0.2) is 0 Å². The largest absolute Gasteiger partial charge is 0.339 e. The van der Waals surface area contributed by atoms with Crippen molar-refractivity contribution in [3.63, 3.8) is 0 Å². The summed E-state index contributed by atoms with van der Waals surface area (Å²) < 4.78 is 0. The Balaban J connectivity index is 1.26. The molecule has 0 radical (unpaired) electrons. The van der Waals surface area contributed by atoms with Gasteiger partial charge in [0.1, 0.15) is 0 Å². The van der Waals surface area contributed by atoms with E-state index in [0.717, 1.165) is 42.4 Å². The fraction of sp³-hybridized carbons (Fsp3) is 0.241. The number of pyridine rings is 1. The fourth-order valence-electron chi connectivity index (χ4n) is 4.81. The first-order chi connectivity index (χ1) is 15.6. The summed E-state index contributed by atoms with van der Waals surface area (Å²) in [6.07, 6.45) is 3.79. The minimum absolute atomic E-state index is 0.125. The summed E-state index contributed by atoms with van der Waals surface area (Å²) in [6, 6.07) is 25.2. The van der Waals surface area contributed by atoms with Gasteiger partial charge < -0.3 is 4.90 Å². The Morgan fingerprint density at radius 1 is 0.906 bits per heavy atom. The highest BCUT2D eigenvalue weighted by atomic mass is 16.2. The van der Waals surface area contributed by atoms with Crippen LogP contribution in [0.5, 0.6) is 0 Å². The molecule has 0 aliphatic carbocycles. The average Bonchev–Trinajstić information content (AvgIpc) is 2.85. The van der Waals surface area contributed by atoms with Crippen LogP contribution in [-0.4, -0.2) is 28.9 Å². The third-order valence-corrected chi connectivity index (χ3v) is 6.93. The molecule has 0 unspecified atom stereocenters. The first kappa shape index (κ1) is 20.4. The molecule has 160 valence electrons. The maximum absolute atomic E-state index is 13.1. The quantitative estimate of drug-likeness (QED) is 0.377. The van der Waals surface area contributed by atoms with Crippen molar-refractivity contribution in [2.75, 3.05) is 13.1 Å². The number of aryl methyl sites for hydroxylation is 1. The Kier molecular flexibility index (Phi) is 5.48. The normalized spacial score (nSPS) is 14.6. The van der Waals surface area contributed by atoms with E-state index < -0.39 is 0 Å². The molecule has 3 heteroatoms. The molecule has 32 heavy (non-hydrogen) atoms. The molecule has 5 rings (SSSR count). The molecule has 1 aliphatic heterocycles. The Bertz CT molecular complexity index is 1270. The number of amides is 1. The monoisotopic (exact) mass is 420 g/mol. The lowest BCUT2D eigenvalue weighted by molar-refractivity contribution is 0.0713. The maximum atomic E-state index is 13.1. The third kappa shape index (κ3) is 3.91. The van der Waals surface area contributed by atoms with Gasteiger partial charge in [-0.05, 0) is 84.7 Å². The van der Waals surface area contributed by atoms with Gasteiger partial charge in [0, 0.05) is 30.2 Å². The lowest BCUT2D eigenvalue weighted by Crippen LogP contribution is -2.37. The first-order valence-corrected chi connectivity index (χ1v) is 11.4. The van der Waals surface area contributed by atoms with Crippen molar-refractivity contribution in [1.82, 2.24) is 9.88 Å². The molecule has 3 nitrogen and oxygen atoms in total. The van der Waals surface area contributed by atoms with Crippen LogP contribution in [0.3, 0.4) is 0 Å². The summed E-state index contributed by atoms with van der Waals surface area (Å²) in [5, 5.41) is 1.01. The number of fused-ring (bicyclic) bond motifs is 1. The van der Waals surface area contributed by atoms with Gasteiger partial charge >= 0.3 is 0 Å². The minimum atomic E-state index is 0.125. The van der Waals surface area contributed by atoms with Gasteiger partial charge in [-0.25, -0.2) is 0 Å². The Morgan fingerprint density at radius 3 is 2.47 bits per heavy atom. The predicted molar refractivity (Wildman–Crippen MR) is 131 cm³/mol. The molecule has 1 saturated heterocycles. The molecule has 0 bridgehead atoms. The van der Waals surface area contributed by atoms with Crippen molar-refractivity contribution in [3.05, 3.63) is 101 Å². The van der Waals surface area contributed by atoms with E-state index in [4.69, 9.17) is 0 Å². The van der Waals surface area contributed by atoms with Crippen LogP contribution in [0.1, 0.15) is 45.8 Å². The average molecular weight is 421 g/mol. The summed E-state index contributed by atoms with van der Waals surface area (Å²) in [5.41, 5.74) is 8.30. The number of carbonyl (C=O) groups excluding carboxylic acids is 1. The number of nitrogens with zero attached hydrogens (tertiary/aromatic N) is 2. The van der Waals surface area contributed by atoms with Crippen molar-refractivity contribution in [2.24, 2.45) is 0 Å². The lowest BCUT2D eigenvalue weighted by atomic mass is 9.87. The van der Waals surface area contributed by atoms with Crippen LogP contribution in [0.25, 0.3) is 22.0 Å². The third-order valence-electron chi connectivity index (χ3n) is 6.93. The summed E-state index contributed by atoms with van der Waals surface area (Å²) in [5.74, 6) is 0.631. The van der Waals surface area contributed by atoms with E-state index in [9.17, 15) is 4.79 Å². The van der Waals surface area contributed by atoms with Crippen LogP contribution in [-0.2, 0) is 0 Å². The highest BCUT2D eigenvalue weighted by molar-refractivity contribution is 5.98. The molecule has 1 fully saturated rings. The molecule has 2 heterocycles. The summed E-state index contributed by atoms with van der Waals surface area (Å²) in [4.78, 5) is 19.4. The zero-order valence-electron chi connectivity index (χ0n) is 18.7. The summed E-state index contributed by atoms with van der Waals surface area (Å²) in [7, 11) is 0. The molecular weight excluding hydrogens is 392 g/mol. The lowest BCUT2D eigenvalue weighted by Gasteiger charge is -2.32. The van der Waals surface area contributed by atoms with Crippen LogP contribution in [0.4, 0.5) is 0 Å². The topological polar surface area (TPSA) is 33.2 Å². The van der Waals surface area contributed by atoms with Crippen molar-refractivity contribution in [1.29, 1.82) is 0 Å². The molecule has 1 aliphatic rings. The fourth-order valence-corrected chi connectivity index (χ4v) is 4.81. The van der Waals surface area contributed by atoms with Gasteiger partial charge in [-0.2, -0.15) is 0 Å². The second-order valence-corrected chi connectivity index (χ2v) is 8.85. The zero-order valence-corrected chi connectivity index (χ0v) is 18.7. The van der Waals surface area contributed by atoms with Crippen LogP contribution < -0.4 is 0 Å². The predicted octanol–water partition coefficient (Wildman–Crippen LogP) is 6.54. The molecule has 4 aromatic rings. The van der Waals surface area contributed by atoms with Gasteiger partial charge in [-0.15, -0.1) is 0 Å². The number of rotatable bonds is 3. The molecule has 0 N–H and O–H groups in total. The summed E-state index contributed by atoms with van der Waals surface area (Å²) >= 11 is 0. The Morgan fingerprint density at radius 2 is 1.69 bits per heavy atom. The standard InChI is InChI=1S/C29H28N2O/c1-20-5-3-7-27(21(20)2)24-10-8-22(9-11-24)23-14-17-31(18-15-23)29(32)26-12-13-28-25(19-26)6-4-16-30-28/h3-13,16,19,23H,14-15,17-18H2,1-2H3.